The number of aromatic nitrogens is 1. The van der Waals surface area contributed by atoms with E-state index in [1.807, 2.05) is 24.3 Å². The van der Waals surface area contributed by atoms with Crippen molar-refractivity contribution in [1.82, 2.24) is 4.98 Å². The van der Waals surface area contributed by atoms with Gasteiger partial charge in [0.05, 0.1) is 17.9 Å². The molecule has 0 N–H and O–H groups in total. The molecule has 5 nitrogen and oxygen atoms in total. The summed E-state index contributed by atoms with van der Waals surface area (Å²) in [7, 11) is 1.67. The molecule has 0 bridgehead atoms. The summed E-state index contributed by atoms with van der Waals surface area (Å²) in [5.41, 5.74) is 1.00. The number of benzene rings is 1. The number of fused-ring (bicyclic) bond motifs is 1. The van der Waals surface area contributed by atoms with Gasteiger partial charge in [0.25, 0.3) is 0 Å². The van der Waals surface area contributed by atoms with E-state index in [1.54, 1.807) is 20.9 Å². The monoisotopic (exact) mass is 286 g/mol. The predicted octanol–water partition coefficient (Wildman–Crippen LogP) is 2.70. The van der Waals surface area contributed by atoms with Gasteiger partial charge < -0.3 is 4.74 Å². The molecule has 1 aromatic carbocycles. The van der Waals surface area contributed by atoms with Gasteiger partial charge in [0.15, 0.2) is 0 Å². The quantitative estimate of drug-likeness (QED) is 0.814. The van der Waals surface area contributed by atoms with Gasteiger partial charge in [-0.3, -0.25) is 9.69 Å². The minimum absolute atomic E-state index is 0.115. The number of hydrogen-bond donors (Lipinski definition) is 0. The van der Waals surface area contributed by atoms with Crippen LogP contribution in [0.4, 0.5) is 5.82 Å². The van der Waals surface area contributed by atoms with E-state index in [1.165, 1.54) is 11.8 Å². The smallest absolute Gasteiger partial charge is 0.340 e. The van der Waals surface area contributed by atoms with E-state index in [4.69, 9.17) is 4.74 Å². The van der Waals surface area contributed by atoms with E-state index in [0.29, 0.717) is 23.7 Å². The van der Waals surface area contributed by atoms with Crippen molar-refractivity contribution >= 4 is 28.5 Å². The molecule has 0 saturated heterocycles. The number of rotatable bonds is 3. The maximum atomic E-state index is 12.2. The van der Waals surface area contributed by atoms with Crippen LogP contribution < -0.4 is 4.90 Å². The lowest BCUT2D eigenvalue weighted by molar-refractivity contribution is -0.116. The third-order valence-electron chi connectivity index (χ3n) is 3.34. The zero-order valence-corrected chi connectivity index (χ0v) is 12.6. The molecule has 0 spiro atoms. The summed E-state index contributed by atoms with van der Waals surface area (Å²) in [6.45, 7) is 5.30. The molecule has 21 heavy (non-hydrogen) atoms. The van der Waals surface area contributed by atoms with Crippen LogP contribution in [0, 0.1) is 6.92 Å². The Kier molecular flexibility index (Phi) is 4.21. The first-order valence-corrected chi connectivity index (χ1v) is 6.78. The van der Waals surface area contributed by atoms with Crippen LogP contribution in [0.25, 0.3) is 10.8 Å². The molecule has 0 saturated carbocycles. The average molecular weight is 286 g/mol. The molecule has 0 unspecified atom stereocenters. The number of hydrogen-bond acceptors (Lipinski definition) is 4. The Bertz CT molecular complexity index is 710. The highest BCUT2D eigenvalue weighted by atomic mass is 16.5. The summed E-state index contributed by atoms with van der Waals surface area (Å²) >= 11 is 0. The second-order valence-electron chi connectivity index (χ2n) is 4.74. The molecule has 1 aromatic heterocycles. The number of pyridine rings is 1. The lowest BCUT2D eigenvalue weighted by Crippen LogP contribution is -2.25. The van der Waals surface area contributed by atoms with Crippen LogP contribution in [-0.2, 0) is 9.53 Å². The fraction of sp³-hybridized carbons (Fsp3) is 0.312. The molecule has 1 amide bonds. The molecule has 110 valence electrons. The van der Waals surface area contributed by atoms with Gasteiger partial charge in [-0.15, -0.1) is 0 Å². The fourth-order valence-electron chi connectivity index (χ4n) is 2.23. The number of carbonyl (C=O) groups excluding carboxylic acids is 2. The minimum Gasteiger partial charge on any atom is -0.462 e. The molecule has 0 aliphatic heterocycles. The van der Waals surface area contributed by atoms with Gasteiger partial charge in [0.2, 0.25) is 5.91 Å². The van der Waals surface area contributed by atoms with Gasteiger partial charge >= 0.3 is 5.97 Å². The molecule has 0 aliphatic carbocycles. The minimum atomic E-state index is -0.393. The number of anilines is 1. The average Bonchev–Trinajstić information content (AvgIpc) is 2.45. The fourth-order valence-corrected chi connectivity index (χ4v) is 2.23. The predicted molar refractivity (Wildman–Crippen MR) is 81.5 cm³/mol. The molecule has 2 aromatic rings. The molecule has 2 rings (SSSR count). The highest BCUT2D eigenvalue weighted by molar-refractivity contribution is 6.10. The zero-order valence-electron chi connectivity index (χ0n) is 12.6. The Morgan fingerprint density at radius 1 is 1.24 bits per heavy atom. The second kappa shape index (κ2) is 5.91. The van der Waals surface area contributed by atoms with E-state index in [2.05, 4.69) is 4.98 Å². The summed E-state index contributed by atoms with van der Waals surface area (Å²) in [6, 6.07) is 7.39. The second-order valence-corrected chi connectivity index (χ2v) is 4.74. The van der Waals surface area contributed by atoms with Crippen molar-refractivity contribution in [3.05, 3.63) is 35.5 Å². The Hall–Kier alpha value is -2.43. The van der Waals surface area contributed by atoms with Crippen molar-refractivity contribution in [2.24, 2.45) is 0 Å². The summed E-state index contributed by atoms with van der Waals surface area (Å²) in [6.07, 6.45) is 0. The first-order valence-electron chi connectivity index (χ1n) is 6.78. The summed E-state index contributed by atoms with van der Waals surface area (Å²) in [4.78, 5) is 29.7. The molecule has 0 aliphatic rings. The SMILES string of the molecule is CCOC(=O)c1c(C)nc(N(C)C(C)=O)c2ccccc12. The van der Waals surface area contributed by atoms with E-state index in [0.717, 1.165) is 10.8 Å². The van der Waals surface area contributed by atoms with Crippen LogP contribution in [0.5, 0.6) is 0 Å². The van der Waals surface area contributed by atoms with E-state index < -0.39 is 5.97 Å². The van der Waals surface area contributed by atoms with Gasteiger partial charge in [0, 0.05) is 24.7 Å². The zero-order chi connectivity index (χ0) is 15.6. The first-order chi connectivity index (χ1) is 9.97. The topological polar surface area (TPSA) is 59.5 Å². The van der Waals surface area contributed by atoms with Gasteiger partial charge in [0.1, 0.15) is 5.82 Å². The third kappa shape index (κ3) is 2.72. The van der Waals surface area contributed by atoms with Crippen LogP contribution in [0.15, 0.2) is 24.3 Å². The highest BCUT2D eigenvalue weighted by Gasteiger charge is 2.20. The molecule has 0 radical (unpaired) electrons. The van der Waals surface area contributed by atoms with E-state index in [9.17, 15) is 9.59 Å². The molecular formula is C16H18N2O3. The Morgan fingerprint density at radius 2 is 1.86 bits per heavy atom. The van der Waals surface area contributed by atoms with Crippen LogP contribution in [0.1, 0.15) is 29.9 Å². The van der Waals surface area contributed by atoms with Crippen molar-refractivity contribution in [3.63, 3.8) is 0 Å². The van der Waals surface area contributed by atoms with Crippen molar-refractivity contribution in [2.45, 2.75) is 20.8 Å². The number of carbonyl (C=O) groups is 2. The van der Waals surface area contributed by atoms with Gasteiger partial charge in [-0.2, -0.15) is 0 Å². The van der Waals surface area contributed by atoms with Gasteiger partial charge in [-0.25, -0.2) is 9.78 Å². The normalized spacial score (nSPS) is 10.5. The number of nitrogens with zero attached hydrogens (tertiary/aromatic N) is 2. The highest BCUT2D eigenvalue weighted by Crippen LogP contribution is 2.29. The third-order valence-corrected chi connectivity index (χ3v) is 3.34. The maximum absolute atomic E-state index is 12.2. The number of ether oxygens (including phenoxy) is 1. The molecular weight excluding hydrogens is 268 g/mol. The number of aryl methyl sites for hydroxylation is 1. The van der Waals surface area contributed by atoms with E-state index >= 15 is 0 Å². The lowest BCUT2D eigenvalue weighted by Gasteiger charge is -2.19. The van der Waals surface area contributed by atoms with Crippen molar-refractivity contribution in [2.75, 3.05) is 18.6 Å². The summed E-state index contributed by atoms with van der Waals surface area (Å²) in [5.74, 6) is 0.0373. The van der Waals surface area contributed by atoms with Crippen LogP contribution in [0.3, 0.4) is 0 Å². The lowest BCUT2D eigenvalue weighted by atomic mass is 10.0. The number of amides is 1. The summed E-state index contributed by atoms with van der Waals surface area (Å²) in [5, 5.41) is 1.50. The van der Waals surface area contributed by atoms with Crippen molar-refractivity contribution in [1.29, 1.82) is 0 Å². The Labute approximate surface area is 123 Å². The number of esters is 1. The van der Waals surface area contributed by atoms with Gasteiger partial charge in [-0.1, -0.05) is 24.3 Å². The van der Waals surface area contributed by atoms with E-state index in [-0.39, 0.29) is 5.91 Å². The molecule has 0 atom stereocenters. The Balaban J connectivity index is 2.75. The van der Waals surface area contributed by atoms with Crippen LogP contribution >= 0.6 is 0 Å². The molecule has 5 heteroatoms. The standard InChI is InChI=1S/C16H18N2O3/c1-5-21-16(20)14-10(2)17-15(18(4)11(3)19)13-9-7-6-8-12(13)14/h6-9H,5H2,1-4H3. The molecule has 0 fully saturated rings. The maximum Gasteiger partial charge on any atom is 0.340 e. The Morgan fingerprint density at radius 3 is 2.43 bits per heavy atom. The van der Waals surface area contributed by atoms with Gasteiger partial charge in [-0.05, 0) is 13.8 Å². The van der Waals surface area contributed by atoms with Crippen molar-refractivity contribution in [3.8, 4) is 0 Å². The van der Waals surface area contributed by atoms with Crippen LogP contribution in [0.2, 0.25) is 0 Å². The largest absolute Gasteiger partial charge is 0.462 e. The summed E-state index contributed by atoms with van der Waals surface area (Å²) < 4.78 is 5.11. The van der Waals surface area contributed by atoms with Crippen LogP contribution in [-0.4, -0.2) is 30.5 Å². The first kappa shape index (κ1) is 15.0. The van der Waals surface area contributed by atoms with Crippen molar-refractivity contribution < 1.29 is 14.3 Å². The molecule has 1 heterocycles.